The number of amides is 4. The van der Waals surface area contributed by atoms with Crippen LogP contribution in [0.4, 0.5) is 10.6 Å². The van der Waals surface area contributed by atoms with Gasteiger partial charge in [-0.1, -0.05) is 32.9 Å². The monoisotopic (exact) mass is 1310 g/mol. The largest absolute Gasteiger partial charge is 0.513 e. The fourth-order valence-electron chi connectivity index (χ4n) is 10.3. The minimum atomic E-state index is -0.854. The third kappa shape index (κ3) is 24.2. The lowest BCUT2D eigenvalue weighted by Crippen LogP contribution is -2.37. The number of carbonyl (C=O) groups excluding carboxylic acids is 8. The van der Waals surface area contributed by atoms with E-state index in [0.29, 0.717) is 136 Å². The molecule has 27 nitrogen and oxygen atoms in total. The molecule has 1 saturated carbocycles. The zero-order valence-corrected chi connectivity index (χ0v) is 54.3. The van der Waals surface area contributed by atoms with Crippen molar-refractivity contribution in [3.8, 4) is 17.1 Å². The van der Waals surface area contributed by atoms with Crippen molar-refractivity contribution in [3.05, 3.63) is 42.6 Å². The Bertz CT molecular complexity index is 2990. The predicted molar refractivity (Wildman–Crippen MR) is 337 cm³/mol. The van der Waals surface area contributed by atoms with Gasteiger partial charge in [0.25, 0.3) is 0 Å². The minimum Gasteiger partial charge on any atom is -0.460 e. The summed E-state index contributed by atoms with van der Waals surface area (Å²) in [4.78, 5) is 115. The maximum absolute atomic E-state index is 12.8. The number of unbranched alkanes of at least 4 members (excludes halogenated alkanes) is 1. The van der Waals surface area contributed by atoms with Crippen molar-refractivity contribution < 1.29 is 95.6 Å². The Morgan fingerprint density at radius 2 is 1.40 bits per heavy atom. The van der Waals surface area contributed by atoms with Gasteiger partial charge < -0.3 is 72.8 Å². The molecule has 7 rings (SSSR count). The minimum absolute atomic E-state index is 0.0664. The van der Waals surface area contributed by atoms with Crippen LogP contribution in [-0.2, 0) is 71.5 Å². The van der Waals surface area contributed by atoms with E-state index in [9.17, 15) is 48.6 Å². The van der Waals surface area contributed by atoms with Crippen LogP contribution in [0.5, 0.6) is 5.75 Å². The summed E-state index contributed by atoms with van der Waals surface area (Å²) < 4.78 is 53.8. The normalized spacial score (nSPS) is 17.9. The zero-order chi connectivity index (χ0) is 66.2. The van der Waals surface area contributed by atoms with Crippen molar-refractivity contribution in [2.45, 2.75) is 154 Å². The summed E-state index contributed by atoms with van der Waals surface area (Å²) in [6.45, 7) is 8.81. The van der Waals surface area contributed by atoms with Gasteiger partial charge in [0.2, 0.25) is 29.3 Å². The summed E-state index contributed by atoms with van der Waals surface area (Å²) in [6.07, 6.45) is 5.95. The number of ketones is 1. The van der Waals surface area contributed by atoms with Crippen molar-refractivity contribution in [1.29, 1.82) is 0 Å². The summed E-state index contributed by atoms with van der Waals surface area (Å²) in [5.41, 5.74) is 2.30. The number of pyridine rings is 1. The second-order valence-electron chi connectivity index (χ2n) is 22.3. The standard InChI is InChI=1S/C36H45N5O11.C28H46N2O9S/c1-3-25(22-42)50-30(46-2)23-49-29(44)13-7-12-28(43)37-14-4-5-18-48-36(45)51-26-10-6-9-24(21-26)33-39-31-27-11-8-15-38-35(27)52-32(31)34(40-33)41-16-19-47-20-17-41;1-4-21(17-31)39-27(37-3)18-38-26(35)8-6-7-24(33)29-13-14-40-23-15-25(34)30(28(23)36)16-19-9-11-20(12-10-19)22(32)5-2/h6,8-11,15,21,25,30,42H,3-5,7,12-14,16-20,22-23H2,1-2H3,(H,37,43);19-21,23,27,31H,4-18H2,1-3H3,(H,29,33). The van der Waals surface area contributed by atoms with E-state index in [1.165, 1.54) is 30.9 Å². The molecule has 5 atom stereocenters. The fraction of sp³-hybridized carbons (Fsp3) is 0.641. The molecule has 28 heteroatoms. The number of nitrogens with zero attached hydrogens (tertiary/aromatic N) is 5. The molecular formula is C64H91N7O20S. The number of fused-ring (bicyclic) bond motifs is 3. The van der Waals surface area contributed by atoms with Crippen molar-refractivity contribution in [3.63, 3.8) is 0 Å². The number of likely N-dealkylation sites (tertiary alicyclic amines) is 1. The molecule has 0 bridgehead atoms. The lowest BCUT2D eigenvalue weighted by atomic mass is 9.79. The first-order valence-electron chi connectivity index (χ1n) is 31.8. The van der Waals surface area contributed by atoms with Gasteiger partial charge in [-0.25, -0.2) is 19.7 Å². The molecule has 92 heavy (non-hydrogen) atoms. The number of carbonyl (C=O) groups is 8. The summed E-state index contributed by atoms with van der Waals surface area (Å²) in [5, 5.41) is 24.3. The highest BCUT2D eigenvalue weighted by Gasteiger charge is 2.40. The van der Waals surface area contributed by atoms with Gasteiger partial charge in [-0.2, -0.15) is 0 Å². The van der Waals surface area contributed by atoms with Crippen LogP contribution in [0.3, 0.4) is 0 Å². The number of esters is 2. The molecule has 508 valence electrons. The number of aromatic nitrogens is 3. The average molecular weight is 1310 g/mol. The number of benzene rings is 1. The molecule has 5 heterocycles. The summed E-state index contributed by atoms with van der Waals surface area (Å²) in [7, 11) is 2.85. The van der Waals surface area contributed by atoms with Crippen molar-refractivity contribution >= 4 is 87.3 Å². The third-order valence-corrected chi connectivity index (χ3v) is 16.9. The van der Waals surface area contributed by atoms with Crippen LogP contribution >= 0.6 is 11.8 Å². The first kappa shape index (κ1) is 74.1. The van der Waals surface area contributed by atoms with Crippen molar-refractivity contribution in [1.82, 2.24) is 30.5 Å². The molecular weight excluding hydrogens is 1220 g/mol. The number of nitrogens with one attached hydrogen (secondary N) is 2. The Labute approximate surface area is 540 Å². The number of aliphatic hydroxyl groups excluding tert-OH is 2. The highest BCUT2D eigenvalue weighted by atomic mass is 32.2. The number of methoxy groups -OCH3 is 2. The number of aliphatic hydroxyl groups is 2. The average Bonchev–Trinajstić information content (AvgIpc) is 1.58. The van der Waals surface area contributed by atoms with E-state index in [0.717, 1.165) is 31.1 Å². The van der Waals surface area contributed by atoms with E-state index < -0.39 is 48.1 Å². The van der Waals surface area contributed by atoms with Crippen LogP contribution in [-0.4, -0.2) is 207 Å². The molecule has 4 N–H and O–H groups in total. The van der Waals surface area contributed by atoms with Gasteiger partial charge in [0.05, 0.1) is 55.9 Å². The molecule has 3 aliphatic rings. The number of anilines is 1. The first-order chi connectivity index (χ1) is 44.6. The molecule has 2 aliphatic heterocycles. The number of imide groups is 1. The predicted octanol–water partition coefficient (Wildman–Crippen LogP) is 6.38. The quantitative estimate of drug-likeness (QED) is 0.00944. The summed E-state index contributed by atoms with van der Waals surface area (Å²) in [5.74, 6) is 0.893. The smallest absolute Gasteiger partial charge is 0.460 e. The van der Waals surface area contributed by atoms with Gasteiger partial charge in [-0.05, 0) is 94.4 Å². The van der Waals surface area contributed by atoms with Crippen LogP contribution < -0.4 is 20.3 Å². The number of hydrogen-bond acceptors (Lipinski definition) is 25. The van der Waals surface area contributed by atoms with E-state index >= 15 is 0 Å². The Hall–Kier alpha value is -6.92. The van der Waals surface area contributed by atoms with E-state index in [-0.39, 0.29) is 106 Å². The van der Waals surface area contributed by atoms with Gasteiger partial charge in [0.1, 0.15) is 30.3 Å². The van der Waals surface area contributed by atoms with Gasteiger partial charge in [-0.3, -0.25) is 38.5 Å². The molecule has 4 amide bonds. The number of thioether (sulfide) groups is 1. The first-order valence-corrected chi connectivity index (χ1v) is 32.9. The molecule has 5 unspecified atom stereocenters. The Morgan fingerprint density at radius 1 is 0.761 bits per heavy atom. The summed E-state index contributed by atoms with van der Waals surface area (Å²) >= 11 is 1.37. The van der Waals surface area contributed by atoms with E-state index in [4.69, 9.17) is 57.0 Å². The summed E-state index contributed by atoms with van der Waals surface area (Å²) in [6, 6.07) is 10.6. The topological polar surface area (TPSA) is 342 Å². The Balaban J connectivity index is 0.000000303. The number of furan rings is 1. The molecule has 2 saturated heterocycles. The lowest BCUT2D eigenvalue weighted by Gasteiger charge is -2.30. The Kier molecular flexibility index (Phi) is 32.4. The van der Waals surface area contributed by atoms with Gasteiger partial charge in [-0.15, -0.1) is 11.8 Å². The number of Topliss-reactive ketones (excluding diaryl/α,β-unsaturated/α-hetero) is 1. The SMILES string of the molecule is CCC(=O)C1CCC(CN2C(=O)CC(SCCNC(=O)CCCC(=O)OCC(OC)OC(CC)CO)C2=O)CC1.CCC(CO)OC(COC(=O)CCCC(=O)NCCCCOC(=O)Oc1cccc(-c2nc(N3CCOCC3)c3oc4ncccc4c3n2)c1)OC. The van der Waals surface area contributed by atoms with Crippen LogP contribution in [0.15, 0.2) is 47.0 Å². The number of ether oxygens (including phenoxy) is 9. The van der Waals surface area contributed by atoms with E-state index in [1.807, 2.05) is 39.0 Å². The molecule has 4 aromatic rings. The van der Waals surface area contributed by atoms with Gasteiger partial charge in [0, 0.05) is 109 Å². The van der Waals surface area contributed by atoms with Crippen LogP contribution in [0.1, 0.15) is 124 Å². The highest BCUT2D eigenvalue weighted by Crippen LogP contribution is 2.36. The second-order valence-corrected chi connectivity index (χ2v) is 23.6. The van der Waals surface area contributed by atoms with Crippen molar-refractivity contribution in [2.75, 3.05) is 104 Å². The molecule has 3 aromatic heterocycles. The lowest BCUT2D eigenvalue weighted by molar-refractivity contribution is -0.194. The van der Waals surface area contributed by atoms with E-state index in [2.05, 4.69) is 20.5 Å². The second kappa shape index (κ2) is 40.2. The zero-order valence-electron chi connectivity index (χ0n) is 53.5. The van der Waals surface area contributed by atoms with E-state index in [1.54, 1.807) is 24.4 Å². The maximum Gasteiger partial charge on any atom is 0.513 e. The van der Waals surface area contributed by atoms with Crippen LogP contribution in [0.25, 0.3) is 33.6 Å². The fourth-order valence-corrected chi connectivity index (χ4v) is 11.4. The molecule has 0 radical (unpaired) electrons. The van der Waals surface area contributed by atoms with Crippen LogP contribution in [0.2, 0.25) is 0 Å². The maximum atomic E-state index is 12.8. The number of morpholine rings is 1. The number of rotatable bonds is 38. The van der Waals surface area contributed by atoms with Crippen LogP contribution in [0, 0.1) is 11.8 Å². The molecule has 3 fully saturated rings. The number of hydrogen-bond donors (Lipinski definition) is 4. The molecule has 1 aromatic carbocycles. The molecule has 1 aliphatic carbocycles. The third-order valence-electron chi connectivity index (χ3n) is 15.7. The Morgan fingerprint density at radius 3 is 2.01 bits per heavy atom. The van der Waals surface area contributed by atoms with Gasteiger partial charge in [0.15, 0.2) is 29.8 Å². The highest BCUT2D eigenvalue weighted by molar-refractivity contribution is 8.00. The molecule has 0 spiro atoms. The van der Waals surface area contributed by atoms with Gasteiger partial charge >= 0.3 is 18.1 Å². The van der Waals surface area contributed by atoms with Crippen molar-refractivity contribution in [2.24, 2.45) is 11.8 Å².